The van der Waals surface area contributed by atoms with Gasteiger partial charge in [0.1, 0.15) is 0 Å². The topological polar surface area (TPSA) is 45.8 Å². The van der Waals surface area contributed by atoms with E-state index in [9.17, 15) is 4.79 Å². The summed E-state index contributed by atoms with van der Waals surface area (Å²) in [7, 11) is 0. The molecule has 1 N–H and O–H groups in total. The Morgan fingerprint density at radius 3 is 2.67 bits per heavy atom. The molecule has 0 aliphatic heterocycles. The van der Waals surface area contributed by atoms with Crippen molar-refractivity contribution in [2.45, 2.75) is 12.3 Å². The molecule has 0 saturated heterocycles. The van der Waals surface area contributed by atoms with Crippen LogP contribution in [0.3, 0.4) is 0 Å². The van der Waals surface area contributed by atoms with Crippen LogP contribution in [0.4, 0.5) is 0 Å². The molecule has 1 aliphatic carbocycles. The van der Waals surface area contributed by atoms with E-state index in [1.807, 2.05) is 48.5 Å². The fourth-order valence-electron chi connectivity index (χ4n) is 2.81. The molecule has 0 amide bonds. The molecule has 1 saturated carbocycles. The van der Waals surface area contributed by atoms with E-state index >= 15 is 0 Å². The van der Waals surface area contributed by atoms with E-state index < -0.39 is 0 Å². The third-order valence-electron chi connectivity index (χ3n) is 4.05. The fourth-order valence-corrected chi connectivity index (χ4v) is 2.93. The smallest absolute Gasteiger partial charge is 0.201 e. The molecule has 0 radical (unpaired) electrons. The number of carbonyl (C=O) groups is 1. The van der Waals surface area contributed by atoms with E-state index in [1.54, 1.807) is 0 Å². The number of hydrogen-bond donors (Lipinski definition) is 1. The van der Waals surface area contributed by atoms with Gasteiger partial charge in [0.2, 0.25) is 5.78 Å². The van der Waals surface area contributed by atoms with E-state index in [1.165, 1.54) is 5.56 Å². The fraction of sp³-hybridized carbons (Fsp3) is 0.176. The first-order chi connectivity index (χ1) is 10.2. The van der Waals surface area contributed by atoms with Gasteiger partial charge in [-0.05, 0) is 42.2 Å². The Labute approximate surface area is 127 Å². The van der Waals surface area contributed by atoms with Crippen LogP contribution in [0, 0.1) is 5.92 Å². The number of nitrogens with zero attached hydrogens (tertiary/aromatic N) is 1. The first-order valence-corrected chi connectivity index (χ1v) is 7.34. The number of H-pyrrole nitrogens is 1. The van der Waals surface area contributed by atoms with Crippen molar-refractivity contribution in [3.05, 3.63) is 64.9 Å². The van der Waals surface area contributed by atoms with E-state index in [0.29, 0.717) is 11.7 Å². The van der Waals surface area contributed by atoms with Gasteiger partial charge < -0.3 is 4.98 Å². The van der Waals surface area contributed by atoms with Crippen LogP contribution in [0.2, 0.25) is 5.02 Å². The van der Waals surface area contributed by atoms with Gasteiger partial charge in [-0.2, -0.15) is 0 Å². The minimum absolute atomic E-state index is 0.0340. The maximum absolute atomic E-state index is 12.5. The SMILES string of the molecule is O=C(c1nc2ccccc2[nH]1)[C@H]1C[C@@H]1c1ccc(Cl)cc1. The van der Waals surface area contributed by atoms with Gasteiger partial charge in [0, 0.05) is 10.9 Å². The lowest BCUT2D eigenvalue weighted by atomic mass is 10.1. The van der Waals surface area contributed by atoms with Crippen molar-refractivity contribution >= 4 is 28.4 Å². The number of benzene rings is 2. The molecular weight excluding hydrogens is 284 g/mol. The highest BCUT2D eigenvalue weighted by Crippen LogP contribution is 2.49. The summed E-state index contributed by atoms with van der Waals surface area (Å²) in [6.45, 7) is 0. The minimum Gasteiger partial charge on any atom is -0.335 e. The van der Waals surface area contributed by atoms with Gasteiger partial charge in [0.05, 0.1) is 11.0 Å². The average molecular weight is 297 g/mol. The van der Waals surface area contributed by atoms with Crippen LogP contribution in [0.5, 0.6) is 0 Å². The third-order valence-corrected chi connectivity index (χ3v) is 4.30. The van der Waals surface area contributed by atoms with E-state index in [-0.39, 0.29) is 11.7 Å². The summed E-state index contributed by atoms with van der Waals surface area (Å²) in [4.78, 5) is 20.0. The summed E-state index contributed by atoms with van der Waals surface area (Å²) < 4.78 is 0. The zero-order valence-corrected chi connectivity index (χ0v) is 12.0. The van der Waals surface area contributed by atoms with Crippen molar-refractivity contribution < 1.29 is 4.79 Å². The van der Waals surface area contributed by atoms with Gasteiger partial charge in [-0.1, -0.05) is 35.9 Å². The number of Topliss-reactive ketones (excluding diaryl/α,β-unsaturated/α-hetero) is 1. The molecule has 21 heavy (non-hydrogen) atoms. The van der Waals surface area contributed by atoms with Crippen molar-refractivity contribution in [2.24, 2.45) is 5.92 Å². The molecular formula is C17H13ClN2O. The monoisotopic (exact) mass is 296 g/mol. The van der Waals surface area contributed by atoms with Crippen molar-refractivity contribution in [3.63, 3.8) is 0 Å². The van der Waals surface area contributed by atoms with Crippen LogP contribution < -0.4 is 0 Å². The minimum atomic E-state index is 0.0340. The number of rotatable bonds is 3. The highest BCUT2D eigenvalue weighted by molar-refractivity contribution is 6.30. The number of fused-ring (bicyclic) bond motifs is 1. The molecule has 0 bridgehead atoms. The Kier molecular flexibility index (Phi) is 2.82. The van der Waals surface area contributed by atoms with Crippen LogP contribution in [0.1, 0.15) is 28.5 Å². The molecule has 1 fully saturated rings. The van der Waals surface area contributed by atoms with Crippen molar-refractivity contribution in [2.75, 3.05) is 0 Å². The van der Waals surface area contributed by atoms with Crippen molar-refractivity contribution in [1.29, 1.82) is 0 Å². The number of imidazole rings is 1. The number of halogens is 1. The van der Waals surface area contributed by atoms with Gasteiger partial charge >= 0.3 is 0 Å². The molecule has 104 valence electrons. The van der Waals surface area contributed by atoms with Crippen LogP contribution in [-0.4, -0.2) is 15.8 Å². The lowest BCUT2D eigenvalue weighted by Crippen LogP contribution is -2.05. The second-order valence-corrected chi connectivity index (χ2v) is 5.90. The summed E-state index contributed by atoms with van der Waals surface area (Å²) in [5, 5.41) is 0.722. The Bertz CT molecular complexity index is 789. The number of ketones is 1. The number of para-hydroxylation sites is 2. The van der Waals surface area contributed by atoms with E-state index in [2.05, 4.69) is 9.97 Å². The van der Waals surface area contributed by atoms with E-state index in [4.69, 9.17) is 11.6 Å². The number of aromatic nitrogens is 2. The second kappa shape index (κ2) is 4.71. The van der Waals surface area contributed by atoms with Gasteiger partial charge in [-0.25, -0.2) is 4.98 Å². The summed E-state index contributed by atoms with van der Waals surface area (Å²) in [5.41, 5.74) is 2.92. The molecule has 0 spiro atoms. The lowest BCUT2D eigenvalue weighted by molar-refractivity contribution is 0.0956. The zero-order chi connectivity index (χ0) is 14.4. The predicted octanol–water partition coefficient (Wildman–Crippen LogP) is 4.20. The number of aromatic amines is 1. The Morgan fingerprint density at radius 2 is 1.90 bits per heavy atom. The molecule has 0 unspecified atom stereocenters. The summed E-state index contributed by atoms with van der Waals surface area (Å²) >= 11 is 5.89. The highest BCUT2D eigenvalue weighted by atomic mass is 35.5. The molecule has 4 heteroatoms. The van der Waals surface area contributed by atoms with Gasteiger partial charge in [-0.3, -0.25) is 4.79 Å². The molecule has 3 nitrogen and oxygen atoms in total. The predicted molar refractivity (Wildman–Crippen MR) is 82.7 cm³/mol. The number of carbonyl (C=O) groups excluding carboxylic acids is 1. The van der Waals surface area contributed by atoms with Crippen LogP contribution >= 0.6 is 11.6 Å². The average Bonchev–Trinajstić information content (AvgIpc) is 3.18. The van der Waals surface area contributed by atoms with E-state index in [0.717, 1.165) is 22.5 Å². The quantitative estimate of drug-likeness (QED) is 0.736. The third kappa shape index (κ3) is 2.24. The molecule has 1 aliphatic rings. The first-order valence-electron chi connectivity index (χ1n) is 6.97. The van der Waals surface area contributed by atoms with Crippen molar-refractivity contribution in [3.8, 4) is 0 Å². The maximum Gasteiger partial charge on any atom is 0.201 e. The molecule has 3 aromatic rings. The molecule has 2 atom stereocenters. The van der Waals surface area contributed by atoms with Gasteiger partial charge in [0.15, 0.2) is 5.82 Å². The number of nitrogens with one attached hydrogen (secondary N) is 1. The Hall–Kier alpha value is -2.13. The summed E-state index contributed by atoms with van der Waals surface area (Å²) in [6, 6.07) is 15.4. The Balaban J connectivity index is 1.57. The van der Waals surface area contributed by atoms with Crippen molar-refractivity contribution in [1.82, 2.24) is 9.97 Å². The van der Waals surface area contributed by atoms with Crippen LogP contribution in [0.15, 0.2) is 48.5 Å². The van der Waals surface area contributed by atoms with Crippen LogP contribution in [0.25, 0.3) is 11.0 Å². The first kappa shape index (κ1) is 12.6. The molecule has 1 heterocycles. The summed E-state index contributed by atoms with van der Waals surface area (Å²) in [6.07, 6.45) is 0.886. The molecule has 4 rings (SSSR count). The molecule has 2 aromatic carbocycles. The largest absolute Gasteiger partial charge is 0.335 e. The summed E-state index contributed by atoms with van der Waals surface area (Å²) in [5.74, 6) is 0.901. The van der Waals surface area contributed by atoms with Gasteiger partial charge in [0.25, 0.3) is 0 Å². The standard InChI is InChI=1S/C17H13ClN2O/c18-11-7-5-10(6-8-11)12-9-13(12)16(21)17-19-14-3-1-2-4-15(14)20-17/h1-8,12-13H,9H2,(H,19,20)/t12-,13+/m1/s1. The lowest BCUT2D eigenvalue weighted by Gasteiger charge is -1.99. The van der Waals surface area contributed by atoms with Gasteiger partial charge in [-0.15, -0.1) is 0 Å². The Morgan fingerprint density at radius 1 is 1.14 bits per heavy atom. The zero-order valence-electron chi connectivity index (χ0n) is 11.2. The second-order valence-electron chi connectivity index (χ2n) is 5.47. The van der Waals surface area contributed by atoms with Crippen LogP contribution in [-0.2, 0) is 0 Å². The normalized spacial score (nSPS) is 20.6. The maximum atomic E-state index is 12.5. The number of hydrogen-bond acceptors (Lipinski definition) is 2. The highest BCUT2D eigenvalue weighted by Gasteiger charge is 2.45. The molecule has 1 aromatic heterocycles.